The van der Waals surface area contributed by atoms with Gasteiger partial charge in [0.2, 0.25) is 5.91 Å². The molecule has 0 bridgehead atoms. The summed E-state index contributed by atoms with van der Waals surface area (Å²) in [6, 6.07) is 8.08. The fraction of sp³-hybridized carbons (Fsp3) is 0.278. The van der Waals surface area contributed by atoms with Crippen LogP contribution in [0, 0.1) is 0 Å². The van der Waals surface area contributed by atoms with Crippen molar-refractivity contribution in [3.05, 3.63) is 65.6 Å². The maximum atomic E-state index is 12.5. The van der Waals surface area contributed by atoms with Gasteiger partial charge < -0.3 is 14.1 Å². The van der Waals surface area contributed by atoms with Crippen LogP contribution in [0.25, 0.3) is 6.08 Å². The second kappa shape index (κ2) is 8.53. The van der Waals surface area contributed by atoms with Crippen molar-refractivity contribution < 1.29 is 27.1 Å². The number of benzene rings is 1. The molecular formula is C18H18F3NO3. The zero-order valence-corrected chi connectivity index (χ0v) is 13.6. The summed E-state index contributed by atoms with van der Waals surface area (Å²) in [5.74, 6) is 0.348. The van der Waals surface area contributed by atoms with Crippen molar-refractivity contribution in [3.8, 4) is 0 Å². The summed E-state index contributed by atoms with van der Waals surface area (Å²) in [6.45, 7) is 1.01. The Morgan fingerprint density at radius 1 is 1.24 bits per heavy atom. The molecule has 7 heteroatoms. The van der Waals surface area contributed by atoms with Crippen LogP contribution in [-0.2, 0) is 22.3 Å². The van der Waals surface area contributed by atoms with Crippen molar-refractivity contribution in [2.45, 2.75) is 12.7 Å². The van der Waals surface area contributed by atoms with Crippen molar-refractivity contribution >= 4 is 12.0 Å². The van der Waals surface area contributed by atoms with E-state index in [-0.39, 0.29) is 12.5 Å². The van der Waals surface area contributed by atoms with Crippen LogP contribution in [-0.4, -0.2) is 31.1 Å². The van der Waals surface area contributed by atoms with Crippen LogP contribution in [0.5, 0.6) is 0 Å². The summed E-state index contributed by atoms with van der Waals surface area (Å²) in [6.07, 6.45) is -0.0595. The molecule has 0 fully saturated rings. The number of ether oxygens (including phenoxy) is 1. The molecule has 1 aromatic heterocycles. The zero-order chi connectivity index (χ0) is 18.3. The molecule has 0 aliphatic rings. The third kappa shape index (κ3) is 5.79. The van der Waals surface area contributed by atoms with Crippen LogP contribution >= 0.6 is 0 Å². The largest absolute Gasteiger partial charge is 0.467 e. The first-order chi connectivity index (χ1) is 11.9. The number of furan rings is 1. The van der Waals surface area contributed by atoms with Crippen LogP contribution in [0.2, 0.25) is 0 Å². The van der Waals surface area contributed by atoms with Gasteiger partial charge in [-0.05, 0) is 35.9 Å². The van der Waals surface area contributed by atoms with Crippen LogP contribution in [0.4, 0.5) is 13.2 Å². The topological polar surface area (TPSA) is 42.7 Å². The smallest absolute Gasteiger partial charge is 0.416 e. The van der Waals surface area contributed by atoms with Crippen molar-refractivity contribution in [1.29, 1.82) is 0 Å². The Balaban J connectivity index is 2.04. The predicted molar refractivity (Wildman–Crippen MR) is 86.5 cm³/mol. The minimum Gasteiger partial charge on any atom is -0.467 e. The van der Waals surface area contributed by atoms with Crippen LogP contribution < -0.4 is 0 Å². The van der Waals surface area contributed by atoms with Gasteiger partial charge in [0, 0.05) is 19.7 Å². The van der Waals surface area contributed by atoms with Crippen molar-refractivity contribution in [1.82, 2.24) is 4.90 Å². The monoisotopic (exact) mass is 353 g/mol. The molecule has 0 aliphatic heterocycles. The van der Waals surface area contributed by atoms with E-state index in [9.17, 15) is 18.0 Å². The van der Waals surface area contributed by atoms with Crippen molar-refractivity contribution in [2.75, 3.05) is 20.3 Å². The Morgan fingerprint density at radius 3 is 2.52 bits per heavy atom. The summed E-state index contributed by atoms with van der Waals surface area (Å²) < 4.78 is 47.8. The summed E-state index contributed by atoms with van der Waals surface area (Å²) in [7, 11) is 1.54. The summed E-state index contributed by atoms with van der Waals surface area (Å²) in [5.41, 5.74) is -0.221. The van der Waals surface area contributed by atoms with Gasteiger partial charge in [-0.15, -0.1) is 0 Å². The van der Waals surface area contributed by atoms with Gasteiger partial charge in [0.1, 0.15) is 5.76 Å². The molecule has 0 atom stereocenters. The molecule has 2 rings (SSSR count). The van der Waals surface area contributed by atoms with Gasteiger partial charge in [-0.1, -0.05) is 12.1 Å². The molecule has 1 aromatic carbocycles. The van der Waals surface area contributed by atoms with E-state index in [1.54, 1.807) is 12.1 Å². The number of carbonyl (C=O) groups excluding carboxylic acids is 1. The Hall–Kier alpha value is -2.54. The summed E-state index contributed by atoms with van der Waals surface area (Å²) in [4.78, 5) is 13.9. The minimum atomic E-state index is -4.38. The van der Waals surface area contributed by atoms with E-state index in [1.165, 1.54) is 42.6 Å². The number of methoxy groups -OCH3 is 1. The molecule has 1 amide bonds. The maximum Gasteiger partial charge on any atom is 0.416 e. The molecule has 0 unspecified atom stereocenters. The fourth-order valence-electron chi connectivity index (χ4n) is 2.12. The minimum absolute atomic E-state index is 0.284. The van der Waals surface area contributed by atoms with E-state index in [1.807, 2.05) is 0 Å². The van der Waals surface area contributed by atoms with E-state index < -0.39 is 11.7 Å². The highest BCUT2D eigenvalue weighted by Gasteiger charge is 2.29. The molecule has 0 saturated carbocycles. The number of amides is 1. The number of alkyl halides is 3. The van der Waals surface area contributed by atoms with Crippen molar-refractivity contribution in [3.63, 3.8) is 0 Å². The molecule has 0 radical (unpaired) electrons. The first-order valence-electron chi connectivity index (χ1n) is 7.55. The van der Waals surface area contributed by atoms with Crippen molar-refractivity contribution in [2.24, 2.45) is 0 Å². The Labute approximate surface area is 143 Å². The van der Waals surface area contributed by atoms with E-state index in [0.717, 1.165) is 12.1 Å². The molecule has 4 nitrogen and oxygen atoms in total. The number of nitrogens with zero attached hydrogens (tertiary/aromatic N) is 1. The molecular weight excluding hydrogens is 335 g/mol. The van der Waals surface area contributed by atoms with Gasteiger partial charge in [-0.25, -0.2) is 0 Å². The highest BCUT2D eigenvalue weighted by atomic mass is 19.4. The second-order valence-electron chi connectivity index (χ2n) is 5.29. The highest BCUT2D eigenvalue weighted by molar-refractivity contribution is 5.91. The normalized spacial score (nSPS) is 11.8. The fourth-order valence-corrected chi connectivity index (χ4v) is 2.12. The standard InChI is InChI=1S/C18H18F3NO3/c1-24-12-10-22(13-16-3-2-11-25-16)17(23)9-6-14-4-7-15(8-5-14)18(19,20)21/h2-9,11H,10,12-13H2,1H3/b9-6+. The second-order valence-corrected chi connectivity index (χ2v) is 5.29. The number of carbonyl (C=O) groups is 1. The lowest BCUT2D eigenvalue weighted by Crippen LogP contribution is -2.31. The molecule has 0 saturated heterocycles. The number of halogens is 3. The maximum absolute atomic E-state index is 12.5. The highest BCUT2D eigenvalue weighted by Crippen LogP contribution is 2.29. The molecule has 2 aromatic rings. The Morgan fingerprint density at radius 2 is 1.96 bits per heavy atom. The van der Waals surface area contributed by atoms with E-state index >= 15 is 0 Å². The lowest BCUT2D eigenvalue weighted by Gasteiger charge is -2.19. The SMILES string of the molecule is COCCN(Cc1ccco1)C(=O)/C=C/c1ccc(C(F)(F)F)cc1. The van der Waals surface area contributed by atoms with Gasteiger partial charge in [0.25, 0.3) is 0 Å². The van der Waals surface area contributed by atoms with E-state index in [2.05, 4.69) is 0 Å². The van der Waals surface area contributed by atoms with Gasteiger partial charge in [-0.2, -0.15) is 13.2 Å². The number of hydrogen-bond acceptors (Lipinski definition) is 3. The van der Waals surface area contributed by atoms with Gasteiger partial charge in [0.15, 0.2) is 0 Å². The average molecular weight is 353 g/mol. The lowest BCUT2D eigenvalue weighted by atomic mass is 10.1. The quantitative estimate of drug-likeness (QED) is 0.707. The van der Waals surface area contributed by atoms with E-state index in [0.29, 0.717) is 24.5 Å². The van der Waals surface area contributed by atoms with E-state index in [4.69, 9.17) is 9.15 Å². The lowest BCUT2D eigenvalue weighted by molar-refractivity contribution is -0.137. The van der Waals surface area contributed by atoms with Crippen LogP contribution in [0.3, 0.4) is 0 Å². The first kappa shape index (κ1) is 18.8. The zero-order valence-electron chi connectivity index (χ0n) is 13.6. The molecule has 25 heavy (non-hydrogen) atoms. The third-order valence-corrected chi connectivity index (χ3v) is 3.46. The van der Waals surface area contributed by atoms with Gasteiger partial charge in [-0.3, -0.25) is 4.79 Å². The first-order valence-corrected chi connectivity index (χ1v) is 7.55. The van der Waals surface area contributed by atoms with Crippen LogP contribution in [0.1, 0.15) is 16.9 Å². The molecule has 1 heterocycles. The molecule has 0 N–H and O–H groups in total. The van der Waals surface area contributed by atoms with Gasteiger partial charge >= 0.3 is 6.18 Å². The summed E-state index contributed by atoms with van der Waals surface area (Å²) >= 11 is 0. The van der Waals surface area contributed by atoms with Gasteiger partial charge in [0.05, 0.1) is 25.0 Å². The van der Waals surface area contributed by atoms with Crippen LogP contribution in [0.15, 0.2) is 53.2 Å². The number of hydrogen-bond donors (Lipinski definition) is 0. The molecule has 134 valence electrons. The Bertz CT molecular complexity index is 691. The number of rotatable bonds is 7. The third-order valence-electron chi connectivity index (χ3n) is 3.46. The predicted octanol–water partition coefficient (Wildman–Crippen LogP) is 3.99. The summed E-state index contributed by atoms with van der Waals surface area (Å²) in [5, 5.41) is 0. The Kier molecular flexibility index (Phi) is 6.41. The molecule has 0 spiro atoms. The molecule has 0 aliphatic carbocycles. The average Bonchev–Trinajstić information content (AvgIpc) is 3.09.